The van der Waals surface area contributed by atoms with E-state index in [4.69, 9.17) is 4.74 Å². The lowest BCUT2D eigenvalue weighted by Gasteiger charge is -2.39. The third-order valence-electron chi connectivity index (χ3n) is 4.31. The Morgan fingerprint density at radius 1 is 1.11 bits per heavy atom. The number of hydrogen-bond acceptors (Lipinski definition) is 7. The summed E-state index contributed by atoms with van der Waals surface area (Å²) in [6, 6.07) is 6.04. The van der Waals surface area contributed by atoms with Crippen LogP contribution in [0.3, 0.4) is 0 Å². The fourth-order valence-electron chi connectivity index (χ4n) is 3.12. The summed E-state index contributed by atoms with van der Waals surface area (Å²) in [6.45, 7) is 1.84. The Balaban J connectivity index is 2.65. The molecule has 4 amide bonds. The topological polar surface area (TPSA) is 119 Å². The molecular weight excluding hydrogens is 356 g/mol. The van der Waals surface area contributed by atoms with Crippen LogP contribution in [0.5, 0.6) is 0 Å². The number of methoxy groups -OCH3 is 2. The smallest absolute Gasteiger partial charge is 0.413 e. The molecule has 1 aliphatic rings. The summed E-state index contributed by atoms with van der Waals surface area (Å²) in [7, 11) is 2.15. The number of rotatable bonds is 5. The molecule has 1 aromatic carbocycles. The van der Waals surface area contributed by atoms with Crippen LogP contribution in [0.4, 0.5) is 4.79 Å². The SMILES string of the molecule is CCCN1C(=O)c2ccccc2C(CC(=O)NC(=O)OC)(C(=O)OC)C1=O. The van der Waals surface area contributed by atoms with Gasteiger partial charge in [-0.2, -0.15) is 0 Å². The first-order chi connectivity index (χ1) is 12.8. The molecular formula is C18H20N2O7. The van der Waals surface area contributed by atoms with Crippen molar-refractivity contribution in [3.8, 4) is 0 Å². The van der Waals surface area contributed by atoms with Crippen LogP contribution < -0.4 is 5.32 Å². The Morgan fingerprint density at radius 2 is 1.78 bits per heavy atom. The van der Waals surface area contributed by atoms with Crippen molar-refractivity contribution in [2.45, 2.75) is 25.2 Å². The van der Waals surface area contributed by atoms with Gasteiger partial charge in [-0.1, -0.05) is 25.1 Å². The molecule has 0 radical (unpaired) electrons. The third kappa shape index (κ3) is 3.40. The van der Waals surface area contributed by atoms with Gasteiger partial charge < -0.3 is 9.47 Å². The van der Waals surface area contributed by atoms with Crippen molar-refractivity contribution in [2.24, 2.45) is 0 Å². The van der Waals surface area contributed by atoms with E-state index in [1.807, 2.05) is 5.32 Å². The van der Waals surface area contributed by atoms with E-state index >= 15 is 0 Å². The van der Waals surface area contributed by atoms with Gasteiger partial charge in [-0.15, -0.1) is 0 Å². The Kier molecular flexibility index (Phi) is 5.94. The molecule has 9 heteroatoms. The summed E-state index contributed by atoms with van der Waals surface area (Å²) in [6.07, 6.45) is -1.28. The molecule has 0 aromatic heterocycles. The zero-order valence-electron chi connectivity index (χ0n) is 15.2. The monoisotopic (exact) mass is 376 g/mol. The van der Waals surface area contributed by atoms with Crippen molar-refractivity contribution in [1.82, 2.24) is 10.2 Å². The molecule has 0 fully saturated rings. The molecule has 144 valence electrons. The van der Waals surface area contributed by atoms with Crippen molar-refractivity contribution in [2.75, 3.05) is 20.8 Å². The number of carbonyl (C=O) groups excluding carboxylic acids is 5. The summed E-state index contributed by atoms with van der Waals surface area (Å²) in [5.74, 6) is -3.32. The van der Waals surface area contributed by atoms with Gasteiger partial charge in [-0.25, -0.2) is 4.79 Å². The number of ether oxygens (including phenoxy) is 2. The van der Waals surface area contributed by atoms with Gasteiger partial charge in [0.15, 0.2) is 5.41 Å². The van der Waals surface area contributed by atoms with Crippen LogP contribution in [0.15, 0.2) is 24.3 Å². The summed E-state index contributed by atoms with van der Waals surface area (Å²) >= 11 is 0. The lowest BCUT2D eigenvalue weighted by molar-refractivity contribution is -0.158. The van der Waals surface area contributed by atoms with Crippen LogP contribution in [-0.4, -0.2) is 55.4 Å². The van der Waals surface area contributed by atoms with Crippen LogP contribution >= 0.6 is 0 Å². The maximum absolute atomic E-state index is 13.2. The highest BCUT2D eigenvalue weighted by atomic mass is 16.5. The largest absolute Gasteiger partial charge is 0.468 e. The van der Waals surface area contributed by atoms with Gasteiger partial charge in [0.1, 0.15) is 0 Å². The summed E-state index contributed by atoms with van der Waals surface area (Å²) in [5.41, 5.74) is -1.88. The van der Waals surface area contributed by atoms with Crippen LogP contribution in [0, 0.1) is 0 Å². The predicted molar refractivity (Wildman–Crippen MR) is 91.6 cm³/mol. The molecule has 0 aliphatic carbocycles. The second kappa shape index (κ2) is 7.98. The normalized spacial score (nSPS) is 18.6. The van der Waals surface area contributed by atoms with Gasteiger partial charge in [-0.05, 0) is 18.1 Å². The van der Waals surface area contributed by atoms with Crippen LogP contribution in [0.25, 0.3) is 0 Å². The molecule has 0 saturated heterocycles. The van der Waals surface area contributed by atoms with Gasteiger partial charge in [0.25, 0.3) is 11.8 Å². The Labute approximate surface area is 155 Å². The number of amides is 4. The summed E-state index contributed by atoms with van der Waals surface area (Å²) in [4.78, 5) is 63.2. The molecule has 1 atom stereocenters. The molecule has 1 aliphatic heterocycles. The lowest BCUT2D eigenvalue weighted by Crippen LogP contribution is -2.60. The first-order valence-electron chi connectivity index (χ1n) is 8.25. The fourth-order valence-corrected chi connectivity index (χ4v) is 3.12. The number of esters is 1. The zero-order chi connectivity index (χ0) is 20.2. The lowest BCUT2D eigenvalue weighted by atomic mass is 9.71. The van der Waals surface area contributed by atoms with E-state index in [1.165, 1.54) is 12.1 Å². The Morgan fingerprint density at radius 3 is 2.37 bits per heavy atom. The number of imide groups is 2. The predicted octanol–water partition coefficient (Wildman–Crippen LogP) is 0.762. The second-order valence-electron chi connectivity index (χ2n) is 5.92. The first-order valence-corrected chi connectivity index (χ1v) is 8.25. The number of hydrogen-bond donors (Lipinski definition) is 1. The number of nitrogens with one attached hydrogen (secondary N) is 1. The van der Waals surface area contributed by atoms with Crippen LogP contribution in [0.2, 0.25) is 0 Å². The molecule has 9 nitrogen and oxygen atoms in total. The van der Waals surface area contributed by atoms with Crippen molar-refractivity contribution in [3.63, 3.8) is 0 Å². The average Bonchev–Trinajstić information content (AvgIpc) is 2.67. The quantitative estimate of drug-likeness (QED) is 0.458. The van der Waals surface area contributed by atoms with Crippen molar-refractivity contribution < 1.29 is 33.4 Å². The number of nitrogens with zero attached hydrogens (tertiary/aromatic N) is 1. The van der Waals surface area contributed by atoms with Crippen LogP contribution in [0.1, 0.15) is 35.7 Å². The Bertz CT molecular complexity index is 805. The van der Waals surface area contributed by atoms with Crippen LogP contribution in [-0.2, 0) is 29.3 Å². The molecule has 1 heterocycles. The van der Waals surface area contributed by atoms with Crippen molar-refractivity contribution >= 4 is 29.8 Å². The second-order valence-corrected chi connectivity index (χ2v) is 5.92. The Hall–Kier alpha value is -3.23. The molecule has 1 N–H and O–H groups in total. The molecule has 2 rings (SSSR count). The molecule has 0 spiro atoms. The first kappa shape index (κ1) is 20.1. The highest BCUT2D eigenvalue weighted by Crippen LogP contribution is 2.39. The van der Waals surface area contributed by atoms with Gasteiger partial charge >= 0.3 is 12.1 Å². The highest BCUT2D eigenvalue weighted by Gasteiger charge is 2.57. The van der Waals surface area contributed by atoms with Crippen molar-refractivity contribution in [3.05, 3.63) is 35.4 Å². The standard InChI is InChI=1S/C18H20N2O7/c1-4-9-20-14(22)11-7-5-6-8-12(11)18(15(20)23,16(24)26-2)10-13(21)19-17(25)27-3/h5-8H,4,9-10H2,1-3H3,(H,19,21,25). The van der Waals surface area contributed by atoms with Crippen molar-refractivity contribution in [1.29, 1.82) is 0 Å². The molecule has 0 saturated carbocycles. The maximum atomic E-state index is 13.2. The number of carbonyl (C=O) groups is 5. The van der Waals surface area contributed by atoms with Gasteiger partial charge in [0, 0.05) is 12.1 Å². The highest BCUT2D eigenvalue weighted by molar-refractivity contribution is 6.22. The number of alkyl carbamates (subject to hydrolysis) is 1. The molecule has 1 aromatic rings. The van der Waals surface area contributed by atoms with E-state index in [0.29, 0.717) is 6.42 Å². The zero-order valence-corrected chi connectivity index (χ0v) is 15.2. The van der Waals surface area contributed by atoms with E-state index in [0.717, 1.165) is 19.1 Å². The van der Waals surface area contributed by atoms with Gasteiger partial charge in [-0.3, -0.25) is 29.4 Å². The molecule has 0 bridgehead atoms. The van der Waals surface area contributed by atoms with Gasteiger partial charge in [0.05, 0.1) is 20.6 Å². The van der Waals surface area contributed by atoms with E-state index in [-0.39, 0.29) is 17.7 Å². The third-order valence-corrected chi connectivity index (χ3v) is 4.31. The van der Waals surface area contributed by atoms with E-state index in [2.05, 4.69) is 4.74 Å². The molecule has 1 unspecified atom stereocenters. The number of benzene rings is 1. The minimum Gasteiger partial charge on any atom is -0.468 e. The van der Waals surface area contributed by atoms with E-state index in [9.17, 15) is 24.0 Å². The summed E-state index contributed by atoms with van der Waals surface area (Å²) < 4.78 is 9.19. The van der Waals surface area contributed by atoms with E-state index in [1.54, 1.807) is 19.1 Å². The van der Waals surface area contributed by atoms with Gasteiger partial charge in [0.2, 0.25) is 5.91 Å². The fraction of sp³-hybridized carbons (Fsp3) is 0.389. The molecule has 27 heavy (non-hydrogen) atoms. The minimum atomic E-state index is -2.08. The van der Waals surface area contributed by atoms with E-state index < -0.39 is 41.6 Å². The summed E-state index contributed by atoms with van der Waals surface area (Å²) in [5, 5.41) is 1.93. The number of fused-ring (bicyclic) bond motifs is 1. The minimum absolute atomic E-state index is 0.0687. The average molecular weight is 376 g/mol. The maximum Gasteiger partial charge on any atom is 0.413 e.